The van der Waals surface area contributed by atoms with Crippen molar-refractivity contribution < 1.29 is 57.6 Å². The molecule has 23 nitrogen and oxygen atoms in total. The number of amides is 9. The fraction of sp³-hybridized carbons (Fsp3) is 0.709. The highest BCUT2D eigenvalue weighted by Crippen LogP contribution is 2.66. The number of urea groups is 1. The zero-order chi connectivity index (χ0) is 58.1. The van der Waals surface area contributed by atoms with Crippen LogP contribution in [0.2, 0.25) is 0 Å². The summed E-state index contributed by atoms with van der Waals surface area (Å²) in [6, 6.07) is -0.995. The number of benzene rings is 1. The lowest BCUT2D eigenvalue weighted by Crippen LogP contribution is -2.61. The maximum atomic E-state index is 14.1. The van der Waals surface area contributed by atoms with Gasteiger partial charge in [0.1, 0.15) is 29.9 Å². The Morgan fingerprint density at radius 2 is 1.00 bits per heavy atom. The van der Waals surface area contributed by atoms with E-state index in [1.54, 1.807) is 25.7 Å². The van der Waals surface area contributed by atoms with Gasteiger partial charge in [-0.15, -0.1) is 0 Å². The summed E-state index contributed by atoms with van der Waals surface area (Å²) in [5.41, 5.74) is -1.85. The first-order valence-corrected chi connectivity index (χ1v) is 27.2. The number of nitrogens with one attached hydrogen (secondary N) is 7. The number of likely N-dealkylation sites (N-methyl/N-ethyl adjacent to an activating group) is 2. The Kier molecular flexibility index (Phi) is 18.1. The predicted molar refractivity (Wildman–Crippen MR) is 285 cm³/mol. The zero-order valence-corrected chi connectivity index (χ0v) is 47.5. The average molecular weight is 1090 g/mol. The first-order chi connectivity index (χ1) is 36.3. The number of piperidine rings is 2. The van der Waals surface area contributed by atoms with E-state index in [0.717, 1.165) is 38.5 Å². The van der Waals surface area contributed by atoms with Gasteiger partial charge in [0.2, 0.25) is 35.2 Å². The number of non-ortho nitro benzene ring substituents is 1. The molecular weight excluding hydrogens is 1010 g/mol. The van der Waals surface area contributed by atoms with Crippen LogP contribution in [-0.2, 0) is 38.4 Å². The predicted octanol–water partition coefficient (Wildman–Crippen LogP) is 3.37. The van der Waals surface area contributed by atoms with Crippen molar-refractivity contribution in [1.82, 2.24) is 47.0 Å². The molecule has 0 bridgehead atoms. The van der Waals surface area contributed by atoms with E-state index in [4.69, 9.17) is 4.74 Å². The molecule has 4 saturated carbocycles. The molecule has 4 aliphatic carbocycles. The lowest BCUT2D eigenvalue weighted by Gasteiger charge is -2.38. The molecule has 6 aliphatic rings. The van der Waals surface area contributed by atoms with E-state index in [1.807, 2.05) is 34.6 Å². The minimum atomic E-state index is -1.08. The lowest BCUT2D eigenvalue weighted by molar-refractivity contribution is -0.384. The number of Topliss-reactive ketones (excluding diaryl/α,β-unsaturated/α-hetero) is 2. The van der Waals surface area contributed by atoms with E-state index in [-0.39, 0.29) is 57.8 Å². The van der Waals surface area contributed by atoms with E-state index in [2.05, 4.69) is 51.1 Å². The summed E-state index contributed by atoms with van der Waals surface area (Å²) in [6.45, 7) is 19.8. The normalized spacial score (nSPS) is 24.9. The van der Waals surface area contributed by atoms with Crippen LogP contribution in [-0.4, -0.2) is 144 Å². The second-order valence-corrected chi connectivity index (χ2v) is 25.5. The molecule has 1 aromatic carbocycles. The molecule has 2 saturated heterocycles. The largest absolute Gasteiger partial charge is 0.413 e. The molecule has 0 aromatic heterocycles. The Morgan fingerprint density at radius 3 is 1.32 bits per heavy atom. The van der Waals surface area contributed by atoms with Crippen LogP contribution in [0.3, 0.4) is 0 Å². The summed E-state index contributed by atoms with van der Waals surface area (Å²) >= 11 is 0. The molecule has 78 heavy (non-hydrogen) atoms. The molecule has 7 rings (SSSR count). The van der Waals surface area contributed by atoms with Gasteiger partial charge in [-0.2, -0.15) is 0 Å². The van der Waals surface area contributed by atoms with Gasteiger partial charge >= 0.3 is 12.1 Å². The van der Waals surface area contributed by atoms with Gasteiger partial charge < -0.3 is 51.8 Å². The van der Waals surface area contributed by atoms with E-state index in [9.17, 15) is 58.1 Å². The minimum Gasteiger partial charge on any atom is -0.410 e. The molecule has 6 fully saturated rings. The third-order valence-corrected chi connectivity index (χ3v) is 17.5. The van der Waals surface area contributed by atoms with Crippen molar-refractivity contribution in [3.8, 4) is 5.75 Å². The van der Waals surface area contributed by atoms with Crippen LogP contribution < -0.4 is 42.0 Å². The van der Waals surface area contributed by atoms with Crippen LogP contribution in [0.5, 0.6) is 5.75 Å². The summed E-state index contributed by atoms with van der Waals surface area (Å²) in [5.74, 6) is -3.98. The van der Waals surface area contributed by atoms with Crippen molar-refractivity contribution in [3.05, 3.63) is 34.4 Å². The Balaban J connectivity index is 0.000000258. The Bertz CT molecular complexity index is 2530. The van der Waals surface area contributed by atoms with Crippen LogP contribution >= 0.6 is 0 Å². The van der Waals surface area contributed by atoms with Crippen molar-refractivity contribution in [2.24, 2.45) is 57.2 Å². The van der Waals surface area contributed by atoms with Gasteiger partial charge in [0, 0.05) is 46.4 Å². The van der Waals surface area contributed by atoms with Crippen LogP contribution in [0.1, 0.15) is 121 Å². The van der Waals surface area contributed by atoms with Gasteiger partial charge in [0.05, 0.1) is 17.0 Å². The SMILES string of the molecule is CNC(=O)C(=O)C(CC1CCC1)NC(=O)[C@@H]1[C@@H]2[C@H](CN1C(=O)[C@@H](NC(=O)Oc1ccc([N+](=O)[O-])cc1)C(C)(C)C)C2(C)C.CNC(=O)N[C@H](C(=O)N1C[C@H]2[C@@H]([C@H]1C(=O)NC(CC1CCC1)C(=O)C(=O)NC)C2(C)C)C(C)(C)C. The van der Waals surface area contributed by atoms with Crippen LogP contribution in [0.4, 0.5) is 15.3 Å². The second-order valence-electron chi connectivity index (χ2n) is 25.5. The Hall–Kier alpha value is -6.68. The first-order valence-electron chi connectivity index (χ1n) is 27.2. The van der Waals surface area contributed by atoms with Gasteiger partial charge in [-0.05, 0) is 82.1 Å². The highest BCUT2D eigenvalue weighted by Gasteiger charge is 2.71. The number of nitro benzene ring substituents is 1. The lowest BCUT2D eigenvalue weighted by atomic mass is 9.80. The maximum Gasteiger partial charge on any atom is 0.413 e. The Morgan fingerprint density at radius 1 is 0.615 bits per heavy atom. The topological polar surface area (TPSA) is 314 Å². The number of fused-ring (bicyclic) bond motifs is 2. The van der Waals surface area contributed by atoms with Crippen molar-refractivity contribution >= 4 is 64.8 Å². The molecule has 9 amide bonds. The number of hydrogen-bond acceptors (Lipinski definition) is 13. The third-order valence-electron chi connectivity index (χ3n) is 17.5. The summed E-state index contributed by atoms with van der Waals surface area (Å²) in [6.07, 6.45) is 5.75. The van der Waals surface area contributed by atoms with Crippen molar-refractivity contribution in [2.75, 3.05) is 34.2 Å². The molecule has 0 spiro atoms. The molecule has 1 aromatic rings. The van der Waals surface area contributed by atoms with E-state index in [0.29, 0.717) is 31.8 Å². The van der Waals surface area contributed by atoms with Crippen molar-refractivity contribution in [1.29, 1.82) is 0 Å². The fourth-order valence-corrected chi connectivity index (χ4v) is 12.0. The smallest absolute Gasteiger partial charge is 0.410 e. The second kappa shape index (κ2) is 23.3. The average Bonchev–Trinajstić information content (AvgIpc) is 3.88. The van der Waals surface area contributed by atoms with Crippen LogP contribution in [0, 0.1) is 67.3 Å². The number of nitrogens with zero attached hydrogens (tertiary/aromatic N) is 3. The molecule has 2 unspecified atom stereocenters. The molecule has 2 heterocycles. The van der Waals surface area contributed by atoms with Gasteiger partial charge in [-0.25, -0.2) is 9.59 Å². The molecule has 7 N–H and O–H groups in total. The van der Waals surface area contributed by atoms with E-state index in [1.165, 1.54) is 50.3 Å². The highest BCUT2D eigenvalue weighted by atomic mass is 16.6. The number of likely N-dealkylation sites (tertiary alicyclic amines) is 2. The number of ether oxygens (including phenoxy) is 1. The van der Waals surface area contributed by atoms with Gasteiger partial charge in [-0.1, -0.05) is 108 Å². The molecule has 430 valence electrons. The standard InChI is InChI=1S/C30H41N5O8.C25H41N5O5/c1-29(2,3)24(33-28(40)43-18-12-10-17(11-13-18)35(41)42)27(39)34-15-19-21(30(19,4)5)22(34)25(37)32-20(14-16-8-7-9-16)23(36)26(38)31-6;1-24(2,3)19(29-23(35)27-7)22(34)30-12-14-16(25(14,4)5)17(30)20(32)28-15(11-13-9-8-10-13)18(31)21(33)26-6/h10-13,16,19-22,24H,7-9,14-15H2,1-6H3,(H,31,38)(H,32,37)(H,33,40);13-17,19H,8-12H2,1-7H3,(H,26,33)(H,28,32)(H2,27,29,35)/t19-,20?,21-,22-,24+;14-,15?,16-,17-,19+/m00/s1. The van der Waals surface area contributed by atoms with Gasteiger partial charge in [0.25, 0.3) is 17.5 Å². The molecule has 2 aliphatic heterocycles. The Labute approximate surface area is 456 Å². The highest BCUT2D eigenvalue weighted by molar-refractivity contribution is 6.39. The third kappa shape index (κ3) is 13.1. The van der Waals surface area contributed by atoms with Crippen LogP contribution in [0.25, 0.3) is 0 Å². The quantitative estimate of drug-likeness (QED) is 0.0631. The number of ketones is 2. The number of hydrogen-bond donors (Lipinski definition) is 7. The minimum absolute atomic E-state index is 0.0495. The monoisotopic (exact) mass is 1090 g/mol. The molecule has 23 heteroatoms. The maximum absolute atomic E-state index is 14.1. The summed E-state index contributed by atoms with van der Waals surface area (Å²) in [7, 11) is 4.24. The summed E-state index contributed by atoms with van der Waals surface area (Å²) in [5, 5.41) is 29.1. The zero-order valence-electron chi connectivity index (χ0n) is 47.5. The number of rotatable bonds is 18. The fourth-order valence-electron chi connectivity index (χ4n) is 12.0. The van der Waals surface area contributed by atoms with Gasteiger partial charge in [-0.3, -0.25) is 48.5 Å². The molecular formula is C55H82N10O13. The summed E-state index contributed by atoms with van der Waals surface area (Å²) < 4.78 is 5.29. The first kappa shape index (κ1) is 60.5. The van der Waals surface area contributed by atoms with Crippen molar-refractivity contribution in [2.45, 2.75) is 157 Å². The number of nitro groups is 1. The molecule has 10 atom stereocenters. The van der Waals surface area contributed by atoms with Crippen LogP contribution in [0.15, 0.2) is 24.3 Å². The van der Waals surface area contributed by atoms with Crippen molar-refractivity contribution in [3.63, 3.8) is 0 Å². The molecule has 0 radical (unpaired) electrons. The number of carbonyl (C=O) groups is 10. The van der Waals surface area contributed by atoms with E-state index < -0.39 is 105 Å². The number of carbonyl (C=O) groups excluding carboxylic acids is 10. The van der Waals surface area contributed by atoms with E-state index >= 15 is 0 Å². The summed E-state index contributed by atoms with van der Waals surface area (Å²) in [4.78, 5) is 144. The van der Waals surface area contributed by atoms with Gasteiger partial charge in [0.15, 0.2) is 0 Å².